The minimum absolute atomic E-state index is 0.110. The molecule has 0 saturated carbocycles. The summed E-state index contributed by atoms with van der Waals surface area (Å²) in [4.78, 5) is 21.0. The highest BCUT2D eigenvalue weighted by Crippen LogP contribution is 2.33. The third-order valence-corrected chi connectivity index (χ3v) is 3.10. The first kappa shape index (κ1) is 16.7. The molecule has 2 rings (SSSR count). The van der Waals surface area contributed by atoms with E-state index in [1.807, 2.05) is 51.1 Å². The quantitative estimate of drug-likeness (QED) is 0.673. The molecule has 1 N–H and O–H groups in total. The van der Waals surface area contributed by atoms with Crippen molar-refractivity contribution in [2.75, 3.05) is 17.3 Å². The number of rotatable bonds is 5. The second-order valence-electron chi connectivity index (χ2n) is 6.37. The normalized spacial score (nSPS) is 11.1. The predicted molar refractivity (Wildman–Crippen MR) is 90.6 cm³/mol. The average Bonchev–Trinajstić information content (AvgIpc) is 2.46. The van der Waals surface area contributed by atoms with Gasteiger partial charge in [0.25, 0.3) is 0 Å². The summed E-state index contributed by atoms with van der Waals surface area (Å²) >= 11 is 0. The molecule has 0 radical (unpaired) electrons. The number of benzene rings is 1. The topological polar surface area (TPSA) is 84.2 Å². The Morgan fingerprint density at radius 3 is 2.43 bits per heavy atom. The van der Waals surface area contributed by atoms with E-state index in [-0.39, 0.29) is 17.0 Å². The zero-order valence-electron chi connectivity index (χ0n) is 13.8. The highest BCUT2D eigenvalue weighted by molar-refractivity contribution is 5.70. The van der Waals surface area contributed by atoms with Crippen LogP contribution in [-0.4, -0.2) is 27.5 Å². The van der Waals surface area contributed by atoms with Crippen molar-refractivity contribution in [1.82, 2.24) is 9.97 Å². The molecule has 2 aromatic rings. The predicted octanol–water partition coefficient (Wildman–Crippen LogP) is 3.23. The van der Waals surface area contributed by atoms with Crippen LogP contribution in [0.3, 0.4) is 0 Å². The highest BCUT2D eigenvalue weighted by Gasteiger charge is 2.27. The molecular weight excluding hydrogens is 294 g/mol. The number of nitro groups is 1. The van der Waals surface area contributed by atoms with Crippen molar-refractivity contribution in [3.05, 3.63) is 52.3 Å². The molecule has 0 aliphatic heterocycles. The van der Waals surface area contributed by atoms with Gasteiger partial charge < -0.3 is 10.2 Å². The summed E-state index contributed by atoms with van der Waals surface area (Å²) in [5.41, 5.74) is 0.600. The molecule has 0 bridgehead atoms. The molecule has 1 aromatic carbocycles. The van der Waals surface area contributed by atoms with Crippen LogP contribution in [0.15, 0.2) is 36.7 Å². The van der Waals surface area contributed by atoms with E-state index in [4.69, 9.17) is 0 Å². The Bertz CT molecular complexity index is 683. The van der Waals surface area contributed by atoms with Gasteiger partial charge in [-0.3, -0.25) is 10.1 Å². The van der Waals surface area contributed by atoms with E-state index in [1.54, 1.807) is 11.9 Å². The van der Waals surface area contributed by atoms with Gasteiger partial charge in [-0.1, -0.05) is 30.3 Å². The molecule has 7 heteroatoms. The second-order valence-corrected chi connectivity index (χ2v) is 6.37. The molecule has 0 spiro atoms. The van der Waals surface area contributed by atoms with Crippen LogP contribution < -0.4 is 10.2 Å². The maximum Gasteiger partial charge on any atom is 0.353 e. The molecule has 0 atom stereocenters. The first-order valence-corrected chi connectivity index (χ1v) is 7.30. The van der Waals surface area contributed by atoms with E-state index in [9.17, 15) is 10.1 Å². The van der Waals surface area contributed by atoms with Gasteiger partial charge in [0.1, 0.15) is 6.33 Å². The maximum atomic E-state index is 11.5. The lowest BCUT2D eigenvalue weighted by Crippen LogP contribution is -2.28. The molecule has 0 aliphatic rings. The molecule has 122 valence electrons. The molecular formula is C16H21N5O2. The summed E-state index contributed by atoms with van der Waals surface area (Å²) in [6.45, 7) is 6.29. The summed E-state index contributed by atoms with van der Waals surface area (Å²) in [6.07, 6.45) is 1.35. The molecule has 1 heterocycles. The van der Waals surface area contributed by atoms with Gasteiger partial charge in [0.2, 0.25) is 11.6 Å². The first-order chi connectivity index (χ1) is 10.8. The Hall–Kier alpha value is -2.70. The van der Waals surface area contributed by atoms with Gasteiger partial charge in [-0.15, -0.1) is 0 Å². The van der Waals surface area contributed by atoms with E-state index < -0.39 is 4.92 Å². The van der Waals surface area contributed by atoms with Crippen molar-refractivity contribution in [2.45, 2.75) is 32.9 Å². The van der Waals surface area contributed by atoms with Gasteiger partial charge >= 0.3 is 5.69 Å². The number of nitrogens with zero attached hydrogens (tertiary/aromatic N) is 4. The van der Waals surface area contributed by atoms with Crippen LogP contribution >= 0.6 is 0 Å². The minimum Gasteiger partial charge on any atom is -0.360 e. The Morgan fingerprint density at radius 1 is 1.22 bits per heavy atom. The summed E-state index contributed by atoms with van der Waals surface area (Å²) in [6, 6.07) is 9.74. The Morgan fingerprint density at radius 2 is 1.87 bits per heavy atom. The van der Waals surface area contributed by atoms with Crippen molar-refractivity contribution < 1.29 is 4.92 Å². The highest BCUT2D eigenvalue weighted by atomic mass is 16.6. The standard InChI is InChI=1S/C16H21N5O2/c1-16(2,3)19-14-13(21(22)23)15(18-11-17-14)20(4)10-12-8-6-5-7-9-12/h5-9,11H,10H2,1-4H3,(H,17,18,19). The van der Waals surface area contributed by atoms with Crippen molar-refractivity contribution >= 4 is 17.3 Å². The van der Waals surface area contributed by atoms with Crippen LogP contribution in [0.2, 0.25) is 0 Å². The lowest BCUT2D eigenvalue weighted by Gasteiger charge is -2.23. The smallest absolute Gasteiger partial charge is 0.353 e. The Kier molecular flexibility index (Phi) is 4.78. The van der Waals surface area contributed by atoms with Gasteiger partial charge in [0, 0.05) is 19.1 Å². The van der Waals surface area contributed by atoms with Crippen molar-refractivity contribution in [2.24, 2.45) is 0 Å². The van der Waals surface area contributed by atoms with E-state index in [0.717, 1.165) is 5.56 Å². The molecule has 1 aromatic heterocycles. The molecule has 7 nitrogen and oxygen atoms in total. The first-order valence-electron chi connectivity index (χ1n) is 7.30. The Labute approximate surface area is 135 Å². The molecule has 23 heavy (non-hydrogen) atoms. The van der Waals surface area contributed by atoms with Gasteiger partial charge in [0.05, 0.1) is 4.92 Å². The zero-order valence-corrected chi connectivity index (χ0v) is 13.8. The van der Waals surface area contributed by atoms with Crippen LogP contribution in [0.1, 0.15) is 26.3 Å². The summed E-state index contributed by atoms with van der Waals surface area (Å²) in [7, 11) is 1.78. The van der Waals surface area contributed by atoms with Crippen LogP contribution in [-0.2, 0) is 6.54 Å². The number of nitrogens with one attached hydrogen (secondary N) is 1. The molecule has 0 aliphatic carbocycles. The van der Waals surface area contributed by atoms with E-state index in [1.165, 1.54) is 6.33 Å². The second kappa shape index (κ2) is 6.60. The Balaban J connectivity index is 2.37. The van der Waals surface area contributed by atoms with Crippen LogP contribution in [0.5, 0.6) is 0 Å². The van der Waals surface area contributed by atoms with Gasteiger partial charge in [-0.05, 0) is 26.3 Å². The lowest BCUT2D eigenvalue weighted by molar-refractivity contribution is -0.383. The van der Waals surface area contributed by atoms with E-state index >= 15 is 0 Å². The number of hydrogen-bond donors (Lipinski definition) is 1. The lowest BCUT2D eigenvalue weighted by atomic mass is 10.1. The molecule has 0 saturated heterocycles. The summed E-state index contributed by atoms with van der Waals surface area (Å²) < 4.78 is 0. The van der Waals surface area contributed by atoms with Crippen LogP contribution in [0.4, 0.5) is 17.3 Å². The fourth-order valence-electron chi connectivity index (χ4n) is 2.20. The fourth-order valence-corrected chi connectivity index (χ4v) is 2.20. The molecule has 0 fully saturated rings. The van der Waals surface area contributed by atoms with Crippen molar-refractivity contribution in [1.29, 1.82) is 0 Å². The number of anilines is 2. The molecule has 0 amide bonds. The van der Waals surface area contributed by atoms with Crippen LogP contribution in [0.25, 0.3) is 0 Å². The third kappa shape index (κ3) is 4.38. The summed E-state index contributed by atoms with van der Waals surface area (Å²) in [5, 5.41) is 14.6. The maximum absolute atomic E-state index is 11.5. The van der Waals surface area contributed by atoms with E-state index in [0.29, 0.717) is 12.4 Å². The number of hydrogen-bond acceptors (Lipinski definition) is 6. The largest absolute Gasteiger partial charge is 0.360 e. The zero-order chi connectivity index (χ0) is 17.0. The van der Waals surface area contributed by atoms with Crippen molar-refractivity contribution in [3.8, 4) is 0 Å². The van der Waals surface area contributed by atoms with Crippen molar-refractivity contribution in [3.63, 3.8) is 0 Å². The summed E-state index contributed by atoms with van der Waals surface area (Å²) in [5.74, 6) is 0.521. The third-order valence-electron chi connectivity index (χ3n) is 3.10. The van der Waals surface area contributed by atoms with E-state index in [2.05, 4.69) is 15.3 Å². The van der Waals surface area contributed by atoms with Gasteiger partial charge in [-0.25, -0.2) is 9.97 Å². The average molecular weight is 315 g/mol. The van der Waals surface area contributed by atoms with Gasteiger partial charge in [0.15, 0.2) is 0 Å². The van der Waals surface area contributed by atoms with Gasteiger partial charge in [-0.2, -0.15) is 0 Å². The number of aromatic nitrogens is 2. The fraction of sp³-hybridized carbons (Fsp3) is 0.375. The monoisotopic (exact) mass is 315 g/mol. The molecule has 0 unspecified atom stereocenters. The minimum atomic E-state index is -0.440. The van der Waals surface area contributed by atoms with Crippen LogP contribution in [0, 0.1) is 10.1 Å². The SMILES string of the molecule is CN(Cc1ccccc1)c1ncnc(NC(C)(C)C)c1[N+](=O)[O-].